The Balaban J connectivity index is 1.54. The zero-order chi connectivity index (χ0) is 19.9. The average molecular weight is 399 g/mol. The van der Waals surface area contributed by atoms with Gasteiger partial charge in [0.1, 0.15) is 0 Å². The molecule has 0 radical (unpaired) electrons. The molecule has 2 aromatic heterocycles. The van der Waals surface area contributed by atoms with Gasteiger partial charge in [0.2, 0.25) is 0 Å². The number of hydrogen-bond acceptors (Lipinski definition) is 6. The number of carbonyl (C=O) groups excluding carboxylic acids is 1. The van der Waals surface area contributed by atoms with Crippen LogP contribution >= 0.6 is 11.3 Å². The van der Waals surface area contributed by atoms with Crippen LogP contribution in [0.3, 0.4) is 0 Å². The molecule has 0 aliphatic carbocycles. The van der Waals surface area contributed by atoms with E-state index in [1.807, 2.05) is 29.8 Å². The molecule has 7 nitrogen and oxygen atoms in total. The van der Waals surface area contributed by atoms with Crippen molar-refractivity contribution in [3.8, 4) is 0 Å². The van der Waals surface area contributed by atoms with Gasteiger partial charge >= 0.3 is 0 Å². The second-order valence-electron chi connectivity index (χ2n) is 8.35. The van der Waals surface area contributed by atoms with Crippen molar-refractivity contribution >= 4 is 33.1 Å². The molecule has 0 spiro atoms. The second-order valence-corrected chi connectivity index (χ2v) is 9.39. The third-order valence-electron chi connectivity index (χ3n) is 5.08. The molecule has 8 heteroatoms. The summed E-state index contributed by atoms with van der Waals surface area (Å²) in [5.41, 5.74) is 2.92. The Morgan fingerprint density at radius 3 is 2.75 bits per heavy atom. The molecule has 1 fully saturated rings. The smallest absolute Gasteiger partial charge is 0.278 e. The molecule has 0 bridgehead atoms. The third kappa shape index (κ3) is 3.66. The predicted molar refractivity (Wildman–Crippen MR) is 112 cm³/mol. The van der Waals surface area contributed by atoms with Gasteiger partial charge in [-0.05, 0) is 51.1 Å². The Kier molecular flexibility index (Phi) is 4.93. The SMILES string of the molecule is Cc1c(C(=O)Nc2ccc3nc(C(C)(C)C)sc3c2)nnn1C1CCNCC1. The van der Waals surface area contributed by atoms with E-state index in [0.29, 0.717) is 11.7 Å². The van der Waals surface area contributed by atoms with Crippen molar-refractivity contribution in [1.82, 2.24) is 25.3 Å². The fourth-order valence-electron chi connectivity index (χ4n) is 3.46. The lowest BCUT2D eigenvalue weighted by atomic mass is 9.98. The first-order valence-corrected chi connectivity index (χ1v) is 10.5. The van der Waals surface area contributed by atoms with E-state index in [1.165, 1.54) is 0 Å². The normalized spacial score (nSPS) is 15.9. The van der Waals surface area contributed by atoms with Gasteiger partial charge in [0.05, 0.1) is 27.0 Å². The number of piperidine rings is 1. The molecule has 0 unspecified atom stereocenters. The molecule has 3 heterocycles. The minimum atomic E-state index is -0.224. The van der Waals surface area contributed by atoms with Gasteiger partial charge in [0.25, 0.3) is 5.91 Å². The molecule has 0 saturated carbocycles. The number of thiazole rings is 1. The first-order chi connectivity index (χ1) is 13.3. The minimum Gasteiger partial charge on any atom is -0.320 e. The molecule has 1 amide bonds. The molecule has 1 saturated heterocycles. The van der Waals surface area contributed by atoms with E-state index >= 15 is 0 Å². The zero-order valence-electron chi connectivity index (χ0n) is 16.7. The summed E-state index contributed by atoms with van der Waals surface area (Å²) < 4.78 is 2.97. The number of anilines is 1. The van der Waals surface area contributed by atoms with Crippen molar-refractivity contribution in [3.63, 3.8) is 0 Å². The summed E-state index contributed by atoms with van der Waals surface area (Å²) in [5.74, 6) is -0.224. The fraction of sp³-hybridized carbons (Fsp3) is 0.500. The van der Waals surface area contributed by atoms with Crippen LogP contribution in [0.2, 0.25) is 0 Å². The predicted octanol–water partition coefficient (Wildman–Crippen LogP) is 3.67. The van der Waals surface area contributed by atoms with Crippen LogP contribution in [0.5, 0.6) is 0 Å². The van der Waals surface area contributed by atoms with Gasteiger partial charge in [-0.15, -0.1) is 16.4 Å². The molecule has 0 atom stereocenters. The lowest BCUT2D eigenvalue weighted by Crippen LogP contribution is -2.30. The number of aromatic nitrogens is 4. The highest BCUT2D eigenvalue weighted by molar-refractivity contribution is 7.18. The molecule has 1 aliphatic rings. The summed E-state index contributed by atoms with van der Waals surface area (Å²) in [4.78, 5) is 17.5. The largest absolute Gasteiger partial charge is 0.320 e. The van der Waals surface area contributed by atoms with Crippen molar-refractivity contribution in [2.45, 2.75) is 52.0 Å². The maximum absolute atomic E-state index is 12.8. The fourth-order valence-corrected chi connectivity index (χ4v) is 4.52. The molecular weight excluding hydrogens is 372 g/mol. The standard InChI is InChI=1S/C20H26N6OS/c1-12-17(24-25-26(12)14-7-9-21-10-8-14)18(27)22-13-5-6-15-16(11-13)28-19(23-15)20(2,3)4/h5-6,11,14,21H,7-10H2,1-4H3,(H,22,27). The van der Waals surface area contributed by atoms with Crippen molar-refractivity contribution < 1.29 is 4.79 Å². The van der Waals surface area contributed by atoms with Gasteiger partial charge in [-0.3, -0.25) is 4.79 Å². The van der Waals surface area contributed by atoms with Crippen molar-refractivity contribution in [3.05, 3.63) is 34.6 Å². The average Bonchev–Trinajstić information content (AvgIpc) is 3.25. The van der Waals surface area contributed by atoms with E-state index < -0.39 is 0 Å². The van der Waals surface area contributed by atoms with E-state index in [-0.39, 0.29) is 11.3 Å². The molecule has 148 valence electrons. The minimum absolute atomic E-state index is 0.0113. The quantitative estimate of drug-likeness (QED) is 0.703. The van der Waals surface area contributed by atoms with Gasteiger partial charge in [-0.1, -0.05) is 26.0 Å². The maximum Gasteiger partial charge on any atom is 0.278 e. The Morgan fingerprint density at radius 1 is 1.29 bits per heavy atom. The first-order valence-electron chi connectivity index (χ1n) is 9.68. The molecular formula is C20H26N6OS. The first kappa shape index (κ1) is 19.0. The zero-order valence-corrected chi connectivity index (χ0v) is 17.6. The number of benzene rings is 1. The van der Waals surface area contributed by atoms with Gasteiger partial charge in [-0.2, -0.15) is 0 Å². The van der Waals surface area contributed by atoms with Gasteiger partial charge in [0, 0.05) is 11.1 Å². The highest BCUT2D eigenvalue weighted by Gasteiger charge is 2.23. The van der Waals surface area contributed by atoms with Crippen molar-refractivity contribution in [2.24, 2.45) is 0 Å². The van der Waals surface area contributed by atoms with E-state index in [2.05, 4.69) is 41.7 Å². The van der Waals surface area contributed by atoms with Crippen LogP contribution in [-0.4, -0.2) is 39.0 Å². The third-order valence-corrected chi connectivity index (χ3v) is 6.53. The summed E-state index contributed by atoms with van der Waals surface area (Å²) in [6, 6.07) is 6.13. The molecule has 1 aliphatic heterocycles. The molecule has 28 heavy (non-hydrogen) atoms. The molecule has 4 rings (SSSR count). The molecule has 1 aromatic carbocycles. The van der Waals surface area contributed by atoms with E-state index in [4.69, 9.17) is 4.98 Å². The lowest BCUT2D eigenvalue weighted by Gasteiger charge is -2.23. The number of fused-ring (bicyclic) bond motifs is 1. The van der Waals surface area contributed by atoms with Crippen molar-refractivity contribution in [2.75, 3.05) is 18.4 Å². The number of carbonyl (C=O) groups is 1. The summed E-state index contributed by atoms with van der Waals surface area (Å²) in [5, 5.41) is 15.8. The van der Waals surface area contributed by atoms with Crippen LogP contribution in [0.15, 0.2) is 18.2 Å². The molecule has 3 aromatic rings. The highest BCUT2D eigenvalue weighted by atomic mass is 32.1. The summed E-state index contributed by atoms with van der Waals surface area (Å²) in [6.07, 6.45) is 2.01. The summed E-state index contributed by atoms with van der Waals surface area (Å²) in [7, 11) is 0. The van der Waals surface area contributed by atoms with Crippen LogP contribution in [0, 0.1) is 6.92 Å². The summed E-state index contributed by atoms with van der Waals surface area (Å²) >= 11 is 1.67. The Bertz CT molecular complexity index is 1010. The Labute approximate surface area is 168 Å². The van der Waals surface area contributed by atoms with Gasteiger partial charge in [-0.25, -0.2) is 9.67 Å². The Morgan fingerprint density at radius 2 is 2.04 bits per heavy atom. The number of nitrogens with zero attached hydrogens (tertiary/aromatic N) is 4. The van der Waals surface area contributed by atoms with Crippen LogP contribution in [0.1, 0.15) is 60.8 Å². The maximum atomic E-state index is 12.8. The second kappa shape index (κ2) is 7.25. The number of nitrogens with one attached hydrogen (secondary N) is 2. The van der Waals surface area contributed by atoms with E-state index in [9.17, 15) is 4.79 Å². The van der Waals surface area contributed by atoms with E-state index in [0.717, 1.165) is 52.5 Å². The number of rotatable bonds is 3. The van der Waals surface area contributed by atoms with Crippen LogP contribution in [0.4, 0.5) is 5.69 Å². The topological polar surface area (TPSA) is 84.7 Å². The Hall–Kier alpha value is -2.32. The summed E-state index contributed by atoms with van der Waals surface area (Å²) in [6.45, 7) is 10.3. The monoisotopic (exact) mass is 398 g/mol. The van der Waals surface area contributed by atoms with Crippen LogP contribution in [-0.2, 0) is 5.41 Å². The lowest BCUT2D eigenvalue weighted by molar-refractivity contribution is 0.102. The van der Waals surface area contributed by atoms with Gasteiger partial charge < -0.3 is 10.6 Å². The molecule has 2 N–H and O–H groups in total. The van der Waals surface area contributed by atoms with Crippen molar-refractivity contribution in [1.29, 1.82) is 0 Å². The van der Waals surface area contributed by atoms with Gasteiger partial charge in [0.15, 0.2) is 5.69 Å². The highest BCUT2D eigenvalue weighted by Crippen LogP contribution is 2.32. The number of hydrogen-bond donors (Lipinski definition) is 2. The van der Waals surface area contributed by atoms with E-state index in [1.54, 1.807) is 11.3 Å². The number of amides is 1. The van der Waals surface area contributed by atoms with Crippen LogP contribution in [0.25, 0.3) is 10.2 Å². The van der Waals surface area contributed by atoms with Crippen LogP contribution < -0.4 is 10.6 Å².